The predicted molar refractivity (Wildman–Crippen MR) is 76.0 cm³/mol. The fourth-order valence-electron chi connectivity index (χ4n) is 1.35. The molecule has 0 bridgehead atoms. The zero-order valence-electron chi connectivity index (χ0n) is 9.47. The van der Waals surface area contributed by atoms with E-state index in [0.717, 1.165) is 17.3 Å². The lowest BCUT2D eigenvalue weighted by Gasteiger charge is -2.07. The Morgan fingerprint density at radius 2 is 2.24 bits per heavy atom. The van der Waals surface area contributed by atoms with Gasteiger partial charge in [-0.25, -0.2) is 0 Å². The van der Waals surface area contributed by atoms with Crippen LogP contribution in [0.1, 0.15) is 30.1 Å². The van der Waals surface area contributed by atoms with Crippen LogP contribution in [0.5, 0.6) is 0 Å². The smallest absolute Gasteiger partial charge is 0.252 e. The molecule has 1 atom stereocenters. The molecule has 1 amide bonds. The highest BCUT2D eigenvalue weighted by Crippen LogP contribution is 2.21. The van der Waals surface area contributed by atoms with Gasteiger partial charge in [-0.1, -0.05) is 27.5 Å². The molecule has 1 aromatic carbocycles. The molecule has 0 radical (unpaired) electrons. The van der Waals surface area contributed by atoms with Crippen molar-refractivity contribution in [3.63, 3.8) is 0 Å². The fourth-order valence-corrected chi connectivity index (χ4v) is 2.27. The highest BCUT2D eigenvalue weighted by atomic mass is 79.9. The van der Waals surface area contributed by atoms with Crippen LogP contribution in [0.3, 0.4) is 0 Å². The number of hydrogen-bond donors (Lipinski definition) is 1. The molecule has 0 aliphatic rings. The number of benzene rings is 1. The largest absolute Gasteiger partial charge is 0.352 e. The molecule has 5 heteroatoms. The van der Waals surface area contributed by atoms with E-state index in [0.29, 0.717) is 17.1 Å². The van der Waals surface area contributed by atoms with E-state index in [9.17, 15) is 4.79 Å². The van der Waals surface area contributed by atoms with E-state index >= 15 is 0 Å². The maximum absolute atomic E-state index is 11.8. The van der Waals surface area contributed by atoms with E-state index < -0.39 is 0 Å². The first-order chi connectivity index (χ1) is 8.00. The van der Waals surface area contributed by atoms with Crippen LogP contribution in [0.4, 0.5) is 0 Å². The second kappa shape index (κ2) is 7.24. The molecule has 17 heavy (non-hydrogen) atoms. The SMILES string of the molecule is CC(Cl)CCCNC(=O)c1ccc(Br)cc1Cl. The first kappa shape index (κ1) is 14.8. The molecule has 2 nitrogen and oxygen atoms in total. The Morgan fingerprint density at radius 3 is 2.82 bits per heavy atom. The van der Waals surface area contributed by atoms with Crippen LogP contribution in [-0.2, 0) is 0 Å². The molecule has 0 saturated heterocycles. The average molecular weight is 339 g/mol. The van der Waals surface area contributed by atoms with Gasteiger partial charge in [0.1, 0.15) is 0 Å². The number of nitrogens with one attached hydrogen (secondary N) is 1. The fraction of sp³-hybridized carbons (Fsp3) is 0.417. The lowest BCUT2D eigenvalue weighted by molar-refractivity contribution is 0.0953. The van der Waals surface area contributed by atoms with Gasteiger partial charge in [-0.15, -0.1) is 11.6 Å². The average Bonchev–Trinajstić information content (AvgIpc) is 2.23. The van der Waals surface area contributed by atoms with Crippen LogP contribution in [0.2, 0.25) is 5.02 Å². The highest BCUT2D eigenvalue weighted by molar-refractivity contribution is 9.10. The van der Waals surface area contributed by atoms with Crippen molar-refractivity contribution in [2.45, 2.75) is 25.1 Å². The summed E-state index contributed by atoms with van der Waals surface area (Å²) < 4.78 is 0.856. The second-order valence-corrected chi connectivity index (χ2v) is 5.87. The molecule has 1 aromatic rings. The van der Waals surface area contributed by atoms with Crippen molar-refractivity contribution in [2.24, 2.45) is 0 Å². The molecule has 0 aliphatic heterocycles. The van der Waals surface area contributed by atoms with Gasteiger partial charge in [0.15, 0.2) is 0 Å². The van der Waals surface area contributed by atoms with E-state index in [1.165, 1.54) is 0 Å². The van der Waals surface area contributed by atoms with Crippen LogP contribution < -0.4 is 5.32 Å². The van der Waals surface area contributed by atoms with Gasteiger partial charge in [-0.3, -0.25) is 4.79 Å². The normalized spacial score (nSPS) is 12.2. The van der Waals surface area contributed by atoms with Gasteiger partial charge in [0.25, 0.3) is 5.91 Å². The molecule has 0 fully saturated rings. The molecule has 0 heterocycles. The van der Waals surface area contributed by atoms with Crippen LogP contribution >= 0.6 is 39.1 Å². The van der Waals surface area contributed by atoms with Crippen molar-refractivity contribution in [1.29, 1.82) is 0 Å². The van der Waals surface area contributed by atoms with Crippen molar-refractivity contribution < 1.29 is 4.79 Å². The van der Waals surface area contributed by atoms with E-state index in [2.05, 4.69) is 21.2 Å². The molecular weight excluding hydrogens is 325 g/mol. The van der Waals surface area contributed by atoms with Crippen molar-refractivity contribution in [3.05, 3.63) is 33.3 Å². The maximum atomic E-state index is 11.8. The first-order valence-electron chi connectivity index (χ1n) is 5.38. The Bertz CT molecular complexity index is 396. The molecule has 1 rings (SSSR count). The molecule has 94 valence electrons. The van der Waals surface area contributed by atoms with E-state index in [1.54, 1.807) is 18.2 Å². The maximum Gasteiger partial charge on any atom is 0.252 e. The molecule has 1 N–H and O–H groups in total. The van der Waals surface area contributed by atoms with Crippen LogP contribution in [0.15, 0.2) is 22.7 Å². The minimum atomic E-state index is -0.148. The van der Waals surface area contributed by atoms with Crippen LogP contribution in [0.25, 0.3) is 0 Å². The van der Waals surface area contributed by atoms with Crippen LogP contribution in [0, 0.1) is 0 Å². The molecule has 1 unspecified atom stereocenters. The number of alkyl halides is 1. The third-order valence-corrected chi connectivity index (χ3v) is 3.26. The quantitative estimate of drug-likeness (QED) is 0.631. The third-order valence-electron chi connectivity index (χ3n) is 2.24. The van der Waals surface area contributed by atoms with Crippen LogP contribution in [-0.4, -0.2) is 17.8 Å². The third kappa shape index (κ3) is 5.28. The minimum Gasteiger partial charge on any atom is -0.352 e. The van der Waals surface area contributed by atoms with Gasteiger partial charge in [0.05, 0.1) is 10.6 Å². The second-order valence-electron chi connectivity index (χ2n) is 3.80. The summed E-state index contributed by atoms with van der Waals surface area (Å²) in [6.45, 7) is 2.55. The predicted octanol–water partition coefficient (Wildman–Crippen LogP) is 4.24. The molecule has 0 aromatic heterocycles. The highest BCUT2D eigenvalue weighted by Gasteiger charge is 2.09. The number of carbonyl (C=O) groups is 1. The zero-order chi connectivity index (χ0) is 12.8. The summed E-state index contributed by atoms with van der Waals surface area (Å²) in [5.41, 5.74) is 0.494. The number of hydrogen-bond acceptors (Lipinski definition) is 1. The summed E-state index contributed by atoms with van der Waals surface area (Å²) in [7, 11) is 0. The van der Waals surface area contributed by atoms with Gasteiger partial charge in [-0.2, -0.15) is 0 Å². The lowest BCUT2D eigenvalue weighted by atomic mass is 10.2. The summed E-state index contributed by atoms with van der Waals surface area (Å²) >= 11 is 15.1. The Morgan fingerprint density at radius 1 is 1.53 bits per heavy atom. The number of rotatable bonds is 5. The Hall–Kier alpha value is -0.250. The van der Waals surface area contributed by atoms with Gasteiger partial charge in [0.2, 0.25) is 0 Å². The van der Waals surface area contributed by atoms with E-state index in [4.69, 9.17) is 23.2 Å². The van der Waals surface area contributed by atoms with Crippen molar-refractivity contribution in [1.82, 2.24) is 5.32 Å². The summed E-state index contributed by atoms with van der Waals surface area (Å²) in [6, 6.07) is 5.20. The Kier molecular flexibility index (Phi) is 6.31. The van der Waals surface area contributed by atoms with Crippen molar-refractivity contribution in [2.75, 3.05) is 6.54 Å². The summed E-state index contributed by atoms with van der Waals surface area (Å²) in [5, 5.41) is 3.41. The number of carbonyl (C=O) groups excluding carboxylic acids is 1. The topological polar surface area (TPSA) is 29.1 Å². The molecular formula is C12H14BrCl2NO. The minimum absolute atomic E-state index is 0.142. The van der Waals surface area contributed by atoms with Crippen molar-refractivity contribution in [3.8, 4) is 0 Å². The van der Waals surface area contributed by atoms with Gasteiger partial charge >= 0.3 is 0 Å². The van der Waals surface area contributed by atoms with E-state index in [-0.39, 0.29) is 11.3 Å². The molecule has 0 saturated carbocycles. The van der Waals surface area contributed by atoms with E-state index in [1.807, 2.05) is 6.92 Å². The van der Waals surface area contributed by atoms with Gasteiger partial charge in [0, 0.05) is 16.4 Å². The Labute approximate surface area is 120 Å². The lowest BCUT2D eigenvalue weighted by Crippen LogP contribution is -2.25. The summed E-state index contributed by atoms with van der Waals surface area (Å²) in [4.78, 5) is 11.8. The molecule has 0 aliphatic carbocycles. The standard InChI is InChI=1S/C12H14BrCl2NO/c1-8(14)3-2-6-16-12(17)10-5-4-9(13)7-11(10)15/h4-5,7-8H,2-3,6H2,1H3,(H,16,17). The Balaban J connectivity index is 2.47. The summed E-state index contributed by atoms with van der Waals surface area (Å²) in [6.07, 6.45) is 1.75. The molecule has 0 spiro atoms. The van der Waals surface area contributed by atoms with Crippen molar-refractivity contribution >= 4 is 45.0 Å². The van der Waals surface area contributed by atoms with Gasteiger partial charge in [-0.05, 0) is 38.0 Å². The first-order valence-corrected chi connectivity index (χ1v) is 6.98. The zero-order valence-corrected chi connectivity index (χ0v) is 12.6. The monoisotopic (exact) mass is 337 g/mol. The number of halogens is 3. The number of amides is 1. The summed E-state index contributed by atoms with van der Waals surface area (Å²) in [5.74, 6) is -0.148. The van der Waals surface area contributed by atoms with Gasteiger partial charge < -0.3 is 5.32 Å².